The normalized spacial score (nSPS) is 15.3. The number of nitrogens with zero attached hydrogens (tertiary/aromatic N) is 4. The fourth-order valence-electron chi connectivity index (χ4n) is 11.6. The third kappa shape index (κ3) is 7.55. The lowest BCUT2D eigenvalue weighted by molar-refractivity contribution is 0.0917. The Labute approximate surface area is 444 Å². The molecule has 8 nitrogen and oxygen atoms in total. The lowest BCUT2D eigenvalue weighted by Crippen LogP contribution is -2.29. The van der Waals surface area contributed by atoms with Gasteiger partial charge in [0.25, 0.3) is 17.7 Å². The highest BCUT2D eigenvalue weighted by atomic mass is 16.3. The van der Waals surface area contributed by atoms with Crippen LogP contribution in [0.5, 0.6) is 0 Å². The van der Waals surface area contributed by atoms with Crippen LogP contribution in [0.2, 0.25) is 0 Å². The van der Waals surface area contributed by atoms with Gasteiger partial charge >= 0.3 is 0 Å². The number of rotatable bonds is 5. The average Bonchev–Trinajstić information content (AvgIpc) is 4.15. The van der Waals surface area contributed by atoms with E-state index in [0.717, 1.165) is 60.4 Å². The zero-order valence-corrected chi connectivity index (χ0v) is 45.5. The molecule has 1 atom stereocenters. The molecule has 0 radical (unpaired) electrons. The third-order valence-corrected chi connectivity index (χ3v) is 16.0. The number of carbonyl (C=O) groups excluding carboxylic acids is 3. The molecule has 380 valence electrons. The minimum Gasteiger partial charge on any atom is -0.369 e. The van der Waals surface area contributed by atoms with Gasteiger partial charge in [-0.2, -0.15) is 0 Å². The number of carbonyl (C=O) groups is 3. The minimum absolute atomic E-state index is 0.0590. The summed E-state index contributed by atoms with van der Waals surface area (Å²) < 4.78 is 4.33. The summed E-state index contributed by atoms with van der Waals surface area (Å²) in [6.07, 6.45) is -1.20. The van der Waals surface area contributed by atoms with Gasteiger partial charge in [0.1, 0.15) is 0 Å². The maximum absolute atomic E-state index is 14.8. The van der Waals surface area contributed by atoms with Crippen molar-refractivity contribution >= 4 is 72.7 Å². The van der Waals surface area contributed by atoms with Crippen LogP contribution in [-0.2, 0) is 21.7 Å². The maximum Gasteiger partial charge on any atom is 0.268 e. The topological polar surface area (TPSA) is 87.8 Å². The van der Waals surface area contributed by atoms with Crippen LogP contribution in [0.15, 0.2) is 158 Å². The first-order valence-corrected chi connectivity index (χ1v) is 26.5. The molecule has 0 saturated carbocycles. The molecule has 2 aliphatic rings. The predicted octanol–water partition coefficient (Wildman–Crippen LogP) is 16.2. The predicted molar refractivity (Wildman–Crippen MR) is 311 cm³/mol. The molecule has 4 heterocycles. The Morgan fingerprint density at radius 2 is 0.750 bits per heavy atom. The molecule has 12 rings (SSSR count). The number of anilines is 2. The van der Waals surface area contributed by atoms with Crippen LogP contribution in [-0.4, -0.2) is 32.0 Å². The Bertz CT molecular complexity index is 3960. The van der Waals surface area contributed by atoms with Crippen molar-refractivity contribution in [1.29, 1.82) is 0 Å². The second kappa shape index (κ2) is 16.7. The molecule has 2 aliphatic heterocycles. The summed E-state index contributed by atoms with van der Waals surface area (Å²) in [6, 6.07) is 52.7. The number of benzene rings is 8. The van der Waals surface area contributed by atoms with E-state index in [1.807, 2.05) is 78.9 Å². The zero-order valence-electron chi connectivity index (χ0n) is 45.5. The van der Waals surface area contributed by atoms with Gasteiger partial charge in [0.2, 0.25) is 0 Å². The van der Waals surface area contributed by atoms with Crippen molar-refractivity contribution in [3.63, 3.8) is 0 Å². The Hall–Kier alpha value is -8.07. The highest BCUT2D eigenvalue weighted by Gasteiger charge is 2.41. The van der Waals surface area contributed by atoms with Crippen LogP contribution in [0.1, 0.15) is 148 Å². The summed E-state index contributed by atoms with van der Waals surface area (Å²) in [6.45, 7) is 26.6. The van der Waals surface area contributed by atoms with Gasteiger partial charge in [0.05, 0.1) is 55.8 Å². The van der Waals surface area contributed by atoms with Gasteiger partial charge in [0, 0.05) is 32.8 Å². The summed E-state index contributed by atoms with van der Waals surface area (Å²) >= 11 is 0. The smallest absolute Gasteiger partial charge is 0.268 e. The standard InChI is InChI=1S/C68H64N4O4/c1-65(2,3)41-23-31-53-49(35-41)50-36-42(66(4,5)6)24-32-54(50)71(53)57-17-13-15-47-59(57)63(75)69(61(47)73)45-27-19-39(20-28-45)40-21-29-46(30-22-40)70-62(74)48-16-14-18-58(60(48)64(70)76)72-55-33-25-43(67(7,8)9)37-51(55)52-38-44(68(10,11)12)26-34-56(52)72/h13-38,61,73H,1-12H3. The highest BCUT2D eigenvalue weighted by Crippen LogP contribution is 2.45. The van der Waals surface area contributed by atoms with Gasteiger partial charge in [-0.25, -0.2) is 4.90 Å². The van der Waals surface area contributed by atoms with E-state index in [1.165, 1.54) is 32.1 Å². The Morgan fingerprint density at radius 3 is 1.14 bits per heavy atom. The third-order valence-electron chi connectivity index (χ3n) is 16.0. The molecular weight excluding hydrogens is 937 g/mol. The molecular formula is C68H64N4O4. The summed E-state index contributed by atoms with van der Waals surface area (Å²) in [5.41, 5.74) is 14.5. The molecule has 8 aromatic carbocycles. The number of hydrogen-bond acceptors (Lipinski definition) is 4. The second-order valence-electron chi connectivity index (χ2n) is 25.1. The first-order valence-electron chi connectivity index (χ1n) is 26.5. The van der Waals surface area contributed by atoms with Crippen molar-refractivity contribution in [3.05, 3.63) is 202 Å². The minimum atomic E-state index is -1.20. The number of aromatic nitrogens is 2. The summed E-state index contributed by atoms with van der Waals surface area (Å²) in [5, 5.41) is 16.4. The van der Waals surface area contributed by atoms with Gasteiger partial charge in [0.15, 0.2) is 6.23 Å². The molecule has 1 N–H and O–H groups in total. The number of hydrogen-bond donors (Lipinski definition) is 1. The summed E-state index contributed by atoms with van der Waals surface area (Å²) in [7, 11) is 0. The van der Waals surface area contributed by atoms with Crippen molar-refractivity contribution in [1.82, 2.24) is 9.13 Å². The van der Waals surface area contributed by atoms with Gasteiger partial charge in [-0.15, -0.1) is 0 Å². The fourth-order valence-corrected chi connectivity index (χ4v) is 11.6. The SMILES string of the molecule is CC(C)(C)c1ccc2c(c1)c1cc(C(C)(C)C)ccc1n2-c1cccc2c1C(=O)N(c1ccc(-c3ccc(N4C(=O)c5c(cccc5-n5c6ccc(C(C)(C)C)cc6c6cc(C(C)(C)C)ccc65)C4O)cc3)cc1)C2=O. The van der Waals surface area contributed by atoms with Crippen molar-refractivity contribution in [2.75, 3.05) is 9.80 Å². The molecule has 0 aliphatic carbocycles. The van der Waals surface area contributed by atoms with Crippen LogP contribution in [0.4, 0.5) is 11.4 Å². The van der Waals surface area contributed by atoms with Crippen LogP contribution < -0.4 is 9.80 Å². The number of aliphatic hydroxyl groups is 1. The molecule has 8 heteroatoms. The summed E-state index contributed by atoms with van der Waals surface area (Å²) in [5.74, 6) is -1.03. The molecule has 0 spiro atoms. The molecule has 1 unspecified atom stereocenters. The largest absolute Gasteiger partial charge is 0.369 e. The van der Waals surface area contributed by atoms with Gasteiger partial charge in [-0.3, -0.25) is 19.3 Å². The quantitative estimate of drug-likeness (QED) is 0.174. The first kappa shape index (κ1) is 48.8. The van der Waals surface area contributed by atoms with E-state index in [-0.39, 0.29) is 39.4 Å². The van der Waals surface area contributed by atoms with E-state index >= 15 is 0 Å². The van der Waals surface area contributed by atoms with E-state index in [0.29, 0.717) is 39.3 Å². The lowest BCUT2D eigenvalue weighted by atomic mass is 9.85. The van der Waals surface area contributed by atoms with E-state index in [9.17, 15) is 19.5 Å². The molecule has 2 aromatic heterocycles. The van der Waals surface area contributed by atoms with E-state index in [1.54, 1.807) is 6.07 Å². The second-order valence-corrected chi connectivity index (χ2v) is 25.1. The number of aliphatic hydroxyl groups excluding tert-OH is 1. The molecule has 0 fully saturated rings. The molecule has 10 aromatic rings. The van der Waals surface area contributed by atoms with Crippen LogP contribution in [0.3, 0.4) is 0 Å². The maximum atomic E-state index is 14.8. The Balaban J connectivity index is 0.848. The Morgan fingerprint density at radius 1 is 0.382 bits per heavy atom. The van der Waals surface area contributed by atoms with Crippen LogP contribution >= 0.6 is 0 Å². The van der Waals surface area contributed by atoms with Crippen molar-refractivity contribution in [2.45, 2.75) is 111 Å². The van der Waals surface area contributed by atoms with Gasteiger partial charge < -0.3 is 14.2 Å². The van der Waals surface area contributed by atoms with Gasteiger partial charge in [-0.1, -0.05) is 150 Å². The molecule has 0 saturated heterocycles. The van der Waals surface area contributed by atoms with E-state index in [2.05, 4.69) is 165 Å². The van der Waals surface area contributed by atoms with Crippen molar-refractivity contribution < 1.29 is 19.5 Å². The number of fused-ring (bicyclic) bond motifs is 8. The zero-order chi connectivity index (χ0) is 53.7. The van der Waals surface area contributed by atoms with E-state index in [4.69, 9.17) is 0 Å². The molecule has 3 amide bonds. The average molecular weight is 1000 g/mol. The Kier molecular flexibility index (Phi) is 10.7. The van der Waals surface area contributed by atoms with E-state index < -0.39 is 6.23 Å². The monoisotopic (exact) mass is 1000 g/mol. The molecule has 0 bridgehead atoms. The number of amides is 3. The van der Waals surface area contributed by atoms with Crippen molar-refractivity contribution in [2.24, 2.45) is 0 Å². The lowest BCUT2D eigenvalue weighted by Gasteiger charge is -2.21. The van der Waals surface area contributed by atoms with Crippen molar-refractivity contribution in [3.8, 4) is 22.5 Å². The fraction of sp³-hybridized carbons (Fsp3) is 0.250. The van der Waals surface area contributed by atoms with Crippen LogP contribution in [0.25, 0.3) is 66.1 Å². The van der Waals surface area contributed by atoms with Gasteiger partial charge in [-0.05, 0) is 146 Å². The first-order chi connectivity index (χ1) is 35.9. The molecule has 76 heavy (non-hydrogen) atoms. The highest BCUT2D eigenvalue weighted by molar-refractivity contribution is 6.36. The number of imide groups is 1. The summed E-state index contributed by atoms with van der Waals surface area (Å²) in [4.78, 5) is 46.7. The van der Waals surface area contributed by atoms with Crippen LogP contribution in [0, 0.1) is 0 Å².